The third-order valence-electron chi connectivity index (χ3n) is 3.26. The van der Waals surface area contributed by atoms with Crippen molar-refractivity contribution in [3.63, 3.8) is 0 Å². The fourth-order valence-corrected chi connectivity index (χ4v) is 2.25. The average Bonchev–Trinajstić information content (AvgIpc) is 2.74. The minimum atomic E-state index is -4.22. The summed E-state index contributed by atoms with van der Waals surface area (Å²) in [5.74, 6) is 0.810. The standard InChI is InChI=1S/C11H17F3N4.ClH/c1-8-4-17(5-9(8)15)6-10-16-2-3-18(10)7-11(12,13)14;/h2-3,8-9H,4-7,15H2,1H3;1H. The number of hydrogen-bond donors (Lipinski definition) is 1. The second-order valence-electron chi connectivity index (χ2n) is 4.92. The third-order valence-corrected chi connectivity index (χ3v) is 3.26. The van der Waals surface area contributed by atoms with Gasteiger partial charge >= 0.3 is 6.18 Å². The van der Waals surface area contributed by atoms with Crippen LogP contribution in [-0.2, 0) is 13.1 Å². The van der Waals surface area contributed by atoms with Crippen LogP contribution in [0.1, 0.15) is 12.7 Å². The molecule has 19 heavy (non-hydrogen) atoms. The van der Waals surface area contributed by atoms with E-state index in [1.165, 1.54) is 12.4 Å². The Morgan fingerprint density at radius 3 is 2.63 bits per heavy atom. The van der Waals surface area contributed by atoms with Crippen molar-refractivity contribution in [1.29, 1.82) is 0 Å². The van der Waals surface area contributed by atoms with Crippen LogP contribution in [0, 0.1) is 5.92 Å². The summed E-state index contributed by atoms with van der Waals surface area (Å²) in [5, 5.41) is 0. The number of alkyl halides is 3. The van der Waals surface area contributed by atoms with Gasteiger partial charge in [-0.2, -0.15) is 13.2 Å². The molecule has 2 unspecified atom stereocenters. The van der Waals surface area contributed by atoms with E-state index in [-0.39, 0.29) is 18.4 Å². The van der Waals surface area contributed by atoms with Crippen molar-refractivity contribution in [2.24, 2.45) is 11.7 Å². The first-order valence-corrected chi connectivity index (χ1v) is 5.90. The molecule has 1 saturated heterocycles. The number of imidazole rings is 1. The molecule has 0 bridgehead atoms. The molecule has 1 fully saturated rings. The molecule has 2 atom stereocenters. The van der Waals surface area contributed by atoms with Crippen molar-refractivity contribution in [2.75, 3.05) is 13.1 Å². The molecule has 110 valence electrons. The minimum Gasteiger partial charge on any atom is -0.326 e. The lowest BCUT2D eigenvalue weighted by atomic mass is 10.1. The molecule has 2 heterocycles. The first-order valence-electron chi connectivity index (χ1n) is 5.90. The van der Waals surface area contributed by atoms with Gasteiger partial charge in [0.2, 0.25) is 0 Å². The molecule has 1 aliphatic rings. The molecule has 0 radical (unpaired) electrons. The highest BCUT2D eigenvalue weighted by Gasteiger charge is 2.30. The van der Waals surface area contributed by atoms with E-state index >= 15 is 0 Å². The van der Waals surface area contributed by atoms with Gasteiger partial charge < -0.3 is 10.3 Å². The number of likely N-dealkylation sites (tertiary alicyclic amines) is 1. The first kappa shape index (κ1) is 16.3. The van der Waals surface area contributed by atoms with Crippen molar-refractivity contribution in [2.45, 2.75) is 32.2 Å². The van der Waals surface area contributed by atoms with Crippen molar-refractivity contribution in [3.05, 3.63) is 18.2 Å². The Bertz CT molecular complexity index is 397. The Labute approximate surface area is 116 Å². The highest BCUT2D eigenvalue weighted by molar-refractivity contribution is 5.85. The van der Waals surface area contributed by atoms with Gasteiger partial charge in [0, 0.05) is 31.5 Å². The predicted octanol–water partition coefficient (Wildman–Crippen LogP) is 1.65. The maximum absolute atomic E-state index is 12.4. The highest BCUT2D eigenvalue weighted by atomic mass is 35.5. The Hall–Kier alpha value is -0.790. The van der Waals surface area contributed by atoms with Gasteiger partial charge in [-0.15, -0.1) is 12.4 Å². The molecule has 1 aliphatic heterocycles. The van der Waals surface area contributed by atoms with Gasteiger partial charge in [-0.1, -0.05) is 6.92 Å². The molecule has 1 aromatic heterocycles. The average molecular weight is 299 g/mol. The zero-order valence-corrected chi connectivity index (χ0v) is 11.4. The zero-order valence-electron chi connectivity index (χ0n) is 10.6. The van der Waals surface area contributed by atoms with Gasteiger partial charge in [0.25, 0.3) is 0 Å². The van der Waals surface area contributed by atoms with Crippen LogP contribution in [-0.4, -0.2) is 39.8 Å². The maximum Gasteiger partial charge on any atom is 0.406 e. The predicted molar refractivity (Wildman–Crippen MR) is 67.9 cm³/mol. The molecule has 0 amide bonds. The summed E-state index contributed by atoms with van der Waals surface area (Å²) < 4.78 is 38.2. The second-order valence-corrected chi connectivity index (χ2v) is 4.92. The van der Waals surface area contributed by atoms with Crippen LogP contribution in [0.15, 0.2) is 12.4 Å². The van der Waals surface area contributed by atoms with Crippen LogP contribution in [0.25, 0.3) is 0 Å². The van der Waals surface area contributed by atoms with Crippen LogP contribution < -0.4 is 5.73 Å². The van der Waals surface area contributed by atoms with Crippen LogP contribution in [0.3, 0.4) is 0 Å². The van der Waals surface area contributed by atoms with Crippen LogP contribution in [0.2, 0.25) is 0 Å². The van der Waals surface area contributed by atoms with E-state index in [0.29, 0.717) is 24.8 Å². The van der Waals surface area contributed by atoms with Gasteiger partial charge in [0.05, 0.1) is 6.54 Å². The van der Waals surface area contributed by atoms with E-state index in [4.69, 9.17) is 5.73 Å². The van der Waals surface area contributed by atoms with Crippen molar-refractivity contribution < 1.29 is 13.2 Å². The van der Waals surface area contributed by atoms with Gasteiger partial charge in [-0.3, -0.25) is 4.90 Å². The lowest BCUT2D eigenvalue weighted by molar-refractivity contribution is -0.141. The van der Waals surface area contributed by atoms with Gasteiger partial charge in [0.1, 0.15) is 12.4 Å². The van der Waals surface area contributed by atoms with E-state index < -0.39 is 12.7 Å². The lowest BCUT2D eigenvalue weighted by Gasteiger charge is -2.16. The monoisotopic (exact) mass is 298 g/mol. The molecule has 1 aromatic rings. The van der Waals surface area contributed by atoms with Gasteiger partial charge in [-0.25, -0.2) is 4.98 Å². The molecular weight excluding hydrogens is 281 g/mol. The molecule has 4 nitrogen and oxygen atoms in total. The summed E-state index contributed by atoms with van der Waals surface area (Å²) >= 11 is 0. The minimum absolute atomic E-state index is 0. The molecule has 0 saturated carbocycles. The van der Waals surface area contributed by atoms with Crippen LogP contribution >= 0.6 is 12.4 Å². The number of nitrogens with two attached hydrogens (primary N) is 1. The van der Waals surface area contributed by atoms with Crippen LogP contribution in [0.4, 0.5) is 13.2 Å². The summed E-state index contributed by atoms with van der Waals surface area (Å²) in [6, 6.07) is 0.0935. The second kappa shape index (κ2) is 6.11. The van der Waals surface area contributed by atoms with Crippen LogP contribution in [0.5, 0.6) is 0 Å². The number of rotatable bonds is 3. The lowest BCUT2D eigenvalue weighted by Crippen LogP contribution is -2.29. The summed E-state index contributed by atoms with van der Waals surface area (Å²) in [5.41, 5.74) is 5.89. The third kappa shape index (κ3) is 4.36. The topological polar surface area (TPSA) is 47.1 Å². The fraction of sp³-hybridized carbons (Fsp3) is 0.727. The zero-order chi connectivity index (χ0) is 13.3. The van der Waals surface area contributed by atoms with E-state index in [2.05, 4.69) is 4.98 Å². The molecule has 8 heteroatoms. The molecule has 0 aromatic carbocycles. The van der Waals surface area contributed by atoms with Crippen molar-refractivity contribution >= 4 is 12.4 Å². The summed E-state index contributed by atoms with van der Waals surface area (Å²) in [4.78, 5) is 6.04. The number of nitrogens with zero attached hydrogens (tertiary/aromatic N) is 3. The molecule has 2 rings (SSSR count). The Balaban J connectivity index is 0.00000180. The Kier molecular flexibility index (Phi) is 5.23. The summed E-state index contributed by atoms with van der Waals surface area (Å²) in [6.07, 6.45) is -1.45. The molecule has 0 spiro atoms. The number of aromatic nitrogens is 2. The summed E-state index contributed by atoms with van der Waals surface area (Å²) in [7, 11) is 0. The van der Waals surface area contributed by atoms with E-state index in [9.17, 15) is 13.2 Å². The largest absolute Gasteiger partial charge is 0.406 e. The van der Waals surface area contributed by atoms with E-state index in [0.717, 1.165) is 11.1 Å². The number of hydrogen-bond acceptors (Lipinski definition) is 3. The quantitative estimate of drug-likeness (QED) is 0.923. The SMILES string of the molecule is CC1CN(Cc2nccn2CC(F)(F)F)CC1N.Cl. The highest BCUT2D eigenvalue weighted by Crippen LogP contribution is 2.20. The summed E-state index contributed by atoms with van der Waals surface area (Å²) in [6.45, 7) is 2.99. The Morgan fingerprint density at radius 1 is 1.42 bits per heavy atom. The van der Waals surface area contributed by atoms with E-state index in [1.54, 1.807) is 0 Å². The molecule has 2 N–H and O–H groups in total. The molecular formula is C11H18ClF3N4. The number of halogens is 4. The maximum atomic E-state index is 12.4. The smallest absolute Gasteiger partial charge is 0.326 e. The fourth-order valence-electron chi connectivity index (χ4n) is 2.25. The Morgan fingerprint density at radius 2 is 2.11 bits per heavy atom. The van der Waals surface area contributed by atoms with Crippen molar-refractivity contribution in [3.8, 4) is 0 Å². The van der Waals surface area contributed by atoms with E-state index in [1.807, 2.05) is 11.8 Å². The molecule has 0 aliphatic carbocycles. The van der Waals surface area contributed by atoms with Gasteiger partial charge in [0.15, 0.2) is 0 Å². The van der Waals surface area contributed by atoms with Crippen molar-refractivity contribution in [1.82, 2.24) is 14.5 Å². The normalized spacial score (nSPS) is 24.5. The first-order chi connectivity index (χ1) is 8.35. The van der Waals surface area contributed by atoms with Gasteiger partial charge in [-0.05, 0) is 5.92 Å².